The lowest BCUT2D eigenvalue weighted by molar-refractivity contribution is 0.737. The molecule has 0 saturated carbocycles. The zero-order chi connectivity index (χ0) is 8.04. The molecule has 10 heavy (non-hydrogen) atoms. The molecule has 0 heterocycles. The highest BCUT2D eigenvalue weighted by Gasteiger charge is 2.05. The van der Waals surface area contributed by atoms with E-state index in [0.717, 1.165) is 0 Å². The maximum absolute atomic E-state index is 5.72. The van der Waals surface area contributed by atoms with Crippen molar-refractivity contribution < 1.29 is 0 Å². The first kappa shape index (κ1) is 9.18. The molecule has 0 aromatic heterocycles. The number of allylic oxidation sites excluding steroid dienone is 3. The van der Waals surface area contributed by atoms with Crippen LogP contribution in [0.15, 0.2) is 37.0 Å². The van der Waals surface area contributed by atoms with Crippen LogP contribution < -0.4 is 5.73 Å². The van der Waals surface area contributed by atoms with Crippen molar-refractivity contribution in [2.75, 3.05) is 0 Å². The van der Waals surface area contributed by atoms with Crippen molar-refractivity contribution in [2.45, 2.75) is 19.4 Å². The third kappa shape index (κ3) is 4.10. The summed E-state index contributed by atoms with van der Waals surface area (Å²) in [6, 6.07) is 0. The first-order chi connectivity index (χ1) is 4.62. The summed E-state index contributed by atoms with van der Waals surface area (Å²) < 4.78 is 0. The molecule has 0 aliphatic rings. The lowest BCUT2D eigenvalue weighted by atomic mass is 10.0. The van der Waals surface area contributed by atoms with Crippen LogP contribution in [0.4, 0.5) is 0 Å². The average molecular weight is 137 g/mol. The van der Waals surface area contributed by atoms with Gasteiger partial charge in [0.15, 0.2) is 0 Å². The molecule has 0 fully saturated rings. The SMILES string of the molecule is C=CC(C)(N)C=CC=CC. The molecule has 2 N–H and O–H groups in total. The number of nitrogens with two attached hydrogens (primary N) is 1. The Kier molecular flexibility index (Phi) is 3.74. The Morgan fingerprint density at radius 2 is 2.00 bits per heavy atom. The summed E-state index contributed by atoms with van der Waals surface area (Å²) in [7, 11) is 0. The predicted octanol–water partition coefficient (Wildman–Crippen LogP) is 2.02. The van der Waals surface area contributed by atoms with Crippen LogP contribution in [0, 0.1) is 0 Å². The molecular weight excluding hydrogens is 122 g/mol. The summed E-state index contributed by atoms with van der Waals surface area (Å²) in [6.07, 6.45) is 9.43. The van der Waals surface area contributed by atoms with Crippen LogP contribution in [0.2, 0.25) is 0 Å². The largest absolute Gasteiger partial charge is 0.319 e. The molecule has 1 nitrogen and oxygen atoms in total. The van der Waals surface area contributed by atoms with E-state index in [1.165, 1.54) is 0 Å². The van der Waals surface area contributed by atoms with Gasteiger partial charge in [-0.2, -0.15) is 0 Å². The quantitative estimate of drug-likeness (QED) is 0.467. The maximum Gasteiger partial charge on any atom is 0.0496 e. The summed E-state index contributed by atoms with van der Waals surface area (Å²) in [6.45, 7) is 7.48. The van der Waals surface area contributed by atoms with Crippen molar-refractivity contribution in [1.29, 1.82) is 0 Å². The van der Waals surface area contributed by atoms with Gasteiger partial charge in [0.1, 0.15) is 0 Å². The van der Waals surface area contributed by atoms with Gasteiger partial charge in [0.05, 0.1) is 0 Å². The molecule has 1 atom stereocenters. The highest BCUT2D eigenvalue weighted by Crippen LogP contribution is 2.01. The first-order valence-electron chi connectivity index (χ1n) is 3.35. The molecule has 0 amide bonds. The Bertz CT molecular complexity index is 152. The van der Waals surface area contributed by atoms with Gasteiger partial charge in [-0.15, -0.1) is 6.58 Å². The van der Waals surface area contributed by atoms with Crippen molar-refractivity contribution >= 4 is 0 Å². The molecule has 0 rings (SSSR count). The molecule has 0 saturated heterocycles. The third-order valence-electron chi connectivity index (χ3n) is 1.20. The molecule has 56 valence electrons. The van der Waals surface area contributed by atoms with Gasteiger partial charge in [-0.1, -0.05) is 30.4 Å². The Morgan fingerprint density at radius 1 is 1.40 bits per heavy atom. The van der Waals surface area contributed by atoms with Crippen LogP contribution in [0.1, 0.15) is 13.8 Å². The van der Waals surface area contributed by atoms with E-state index in [9.17, 15) is 0 Å². The van der Waals surface area contributed by atoms with Gasteiger partial charge in [0.2, 0.25) is 0 Å². The van der Waals surface area contributed by atoms with E-state index in [4.69, 9.17) is 5.73 Å². The van der Waals surface area contributed by atoms with Gasteiger partial charge >= 0.3 is 0 Å². The van der Waals surface area contributed by atoms with Crippen molar-refractivity contribution in [2.24, 2.45) is 5.73 Å². The van der Waals surface area contributed by atoms with Crippen molar-refractivity contribution in [3.05, 3.63) is 37.0 Å². The molecule has 0 radical (unpaired) electrons. The molecule has 0 aromatic rings. The second-order valence-corrected chi connectivity index (χ2v) is 2.46. The van der Waals surface area contributed by atoms with Crippen LogP contribution >= 0.6 is 0 Å². The highest BCUT2D eigenvalue weighted by atomic mass is 14.7. The predicted molar refractivity (Wildman–Crippen MR) is 46.7 cm³/mol. The zero-order valence-corrected chi connectivity index (χ0v) is 6.67. The molecule has 0 aliphatic heterocycles. The van der Waals surface area contributed by atoms with E-state index in [1.807, 2.05) is 38.2 Å². The van der Waals surface area contributed by atoms with Crippen LogP contribution in [-0.2, 0) is 0 Å². The van der Waals surface area contributed by atoms with Crippen LogP contribution in [-0.4, -0.2) is 5.54 Å². The summed E-state index contributed by atoms with van der Waals surface area (Å²) in [5.74, 6) is 0. The van der Waals surface area contributed by atoms with E-state index in [-0.39, 0.29) is 5.54 Å². The summed E-state index contributed by atoms with van der Waals surface area (Å²) in [5, 5.41) is 0. The number of hydrogen-bond donors (Lipinski definition) is 1. The van der Waals surface area contributed by atoms with Gasteiger partial charge in [0, 0.05) is 5.54 Å². The van der Waals surface area contributed by atoms with E-state index >= 15 is 0 Å². The monoisotopic (exact) mass is 137 g/mol. The van der Waals surface area contributed by atoms with E-state index in [1.54, 1.807) is 6.08 Å². The fourth-order valence-corrected chi connectivity index (χ4v) is 0.442. The Morgan fingerprint density at radius 3 is 2.40 bits per heavy atom. The van der Waals surface area contributed by atoms with Gasteiger partial charge in [0.25, 0.3) is 0 Å². The standard InChI is InChI=1S/C9H15N/c1-4-6-7-8-9(3,10)5-2/h4-8H,2,10H2,1,3H3. The second kappa shape index (κ2) is 4.07. The summed E-state index contributed by atoms with van der Waals surface area (Å²) in [4.78, 5) is 0. The topological polar surface area (TPSA) is 26.0 Å². The zero-order valence-electron chi connectivity index (χ0n) is 6.67. The van der Waals surface area contributed by atoms with Crippen molar-refractivity contribution in [3.8, 4) is 0 Å². The Balaban J connectivity index is 3.98. The average Bonchev–Trinajstić information content (AvgIpc) is 1.89. The van der Waals surface area contributed by atoms with Crippen LogP contribution in [0.25, 0.3) is 0 Å². The highest BCUT2D eigenvalue weighted by molar-refractivity contribution is 5.16. The minimum absolute atomic E-state index is 0.375. The second-order valence-electron chi connectivity index (χ2n) is 2.46. The van der Waals surface area contributed by atoms with Crippen molar-refractivity contribution in [1.82, 2.24) is 0 Å². The first-order valence-corrected chi connectivity index (χ1v) is 3.35. The normalized spacial score (nSPS) is 17.9. The minimum atomic E-state index is -0.375. The van der Waals surface area contributed by atoms with Gasteiger partial charge in [-0.05, 0) is 13.8 Å². The van der Waals surface area contributed by atoms with Gasteiger partial charge < -0.3 is 5.73 Å². The van der Waals surface area contributed by atoms with Crippen LogP contribution in [0.5, 0.6) is 0 Å². The van der Waals surface area contributed by atoms with Crippen molar-refractivity contribution in [3.63, 3.8) is 0 Å². The number of hydrogen-bond acceptors (Lipinski definition) is 1. The van der Waals surface area contributed by atoms with Crippen LogP contribution in [0.3, 0.4) is 0 Å². The molecule has 0 aliphatic carbocycles. The van der Waals surface area contributed by atoms with E-state index in [2.05, 4.69) is 6.58 Å². The fraction of sp³-hybridized carbons (Fsp3) is 0.333. The summed E-state index contributed by atoms with van der Waals surface area (Å²) in [5.41, 5.74) is 5.34. The molecule has 1 heteroatoms. The molecular formula is C9H15N. The molecule has 0 aromatic carbocycles. The van der Waals surface area contributed by atoms with Gasteiger partial charge in [-0.25, -0.2) is 0 Å². The molecule has 0 spiro atoms. The Labute approximate surface area is 62.9 Å². The Hall–Kier alpha value is -0.820. The lowest BCUT2D eigenvalue weighted by Gasteiger charge is -2.12. The van der Waals surface area contributed by atoms with E-state index < -0.39 is 0 Å². The van der Waals surface area contributed by atoms with Gasteiger partial charge in [-0.3, -0.25) is 0 Å². The third-order valence-corrected chi connectivity index (χ3v) is 1.20. The summed E-state index contributed by atoms with van der Waals surface area (Å²) >= 11 is 0. The number of rotatable bonds is 3. The van der Waals surface area contributed by atoms with E-state index in [0.29, 0.717) is 0 Å². The maximum atomic E-state index is 5.72. The smallest absolute Gasteiger partial charge is 0.0496 e. The fourth-order valence-electron chi connectivity index (χ4n) is 0.442. The lowest BCUT2D eigenvalue weighted by Crippen LogP contribution is -2.30. The molecule has 1 unspecified atom stereocenters. The molecule has 0 bridgehead atoms. The minimum Gasteiger partial charge on any atom is -0.319 e.